The summed E-state index contributed by atoms with van der Waals surface area (Å²) in [5.74, 6) is -0.904. The van der Waals surface area contributed by atoms with Crippen molar-refractivity contribution in [3.8, 4) is 17.2 Å². The number of aromatic hydroxyl groups is 1. The number of aryl methyl sites for hydroxylation is 1. The summed E-state index contributed by atoms with van der Waals surface area (Å²) in [6, 6.07) is 8.89. The molecule has 1 atom stereocenters. The van der Waals surface area contributed by atoms with Gasteiger partial charge in [-0.05, 0) is 48.4 Å². The van der Waals surface area contributed by atoms with Gasteiger partial charge in [0.05, 0.1) is 39.0 Å². The van der Waals surface area contributed by atoms with E-state index in [2.05, 4.69) is 4.90 Å². The molecule has 2 aliphatic rings. The van der Waals surface area contributed by atoms with E-state index in [9.17, 15) is 19.8 Å². The molecular formula is C26H30N2O7. The molecule has 186 valence electrons. The van der Waals surface area contributed by atoms with Crippen molar-refractivity contribution in [3.05, 3.63) is 58.7 Å². The van der Waals surface area contributed by atoms with Gasteiger partial charge in [0.2, 0.25) is 0 Å². The van der Waals surface area contributed by atoms with Crippen molar-refractivity contribution in [2.45, 2.75) is 13.0 Å². The number of Topliss-reactive ketones (excluding diaryl/α,β-unsaturated/α-hetero) is 1. The van der Waals surface area contributed by atoms with Gasteiger partial charge < -0.3 is 29.3 Å². The average molecular weight is 483 g/mol. The van der Waals surface area contributed by atoms with Crippen LogP contribution in [0.2, 0.25) is 0 Å². The third-order valence-electron chi connectivity index (χ3n) is 6.49. The maximum absolute atomic E-state index is 13.2. The normalized spacial score (nSPS) is 20.3. The largest absolute Gasteiger partial charge is 0.507 e. The molecule has 2 fully saturated rings. The number of carbonyl (C=O) groups excluding carboxylic acids is 2. The molecule has 0 saturated carbocycles. The van der Waals surface area contributed by atoms with E-state index in [1.54, 1.807) is 37.4 Å². The minimum atomic E-state index is -0.840. The Bertz CT molecular complexity index is 1150. The second-order valence-electron chi connectivity index (χ2n) is 8.56. The van der Waals surface area contributed by atoms with E-state index in [1.807, 2.05) is 6.92 Å². The van der Waals surface area contributed by atoms with Crippen molar-refractivity contribution in [2.24, 2.45) is 0 Å². The molecule has 0 bridgehead atoms. The van der Waals surface area contributed by atoms with Gasteiger partial charge in [0, 0.05) is 31.7 Å². The molecule has 0 unspecified atom stereocenters. The summed E-state index contributed by atoms with van der Waals surface area (Å²) in [6.07, 6.45) is 0. The molecule has 4 rings (SSSR count). The first-order valence-electron chi connectivity index (χ1n) is 11.5. The number of rotatable bonds is 7. The summed E-state index contributed by atoms with van der Waals surface area (Å²) < 4.78 is 16.0. The zero-order chi connectivity index (χ0) is 25.1. The molecule has 2 aliphatic heterocycles. The van der Waals surface area contributed by atoms with Crippen molar-refractivity contribution in [1.29, 1.82) is 0 Å². The number of nitrogens with zero attached hydrogens (tertiary/aromatic N) is 2. The number of likely N-dealkylation sites (tertiary alicyclic amines) is 1. The molecular weight excluding hydrogens is 452 g/mol. The highest BCUT2D eigenvalue weighted by molar-refractivity contribution is 6.46. The fourth-order valence-electron chi connectivity index (χ4n) is 4.58. The minimum absolute atomic E-state index is 0.00529. The number of phenolic OH excluding ortho intramolecular Hbond substituents is 1. The van der Waals surface area contributed by atoms with Crippen LogP contribution in [0.3, 0.4) is 0 Å². The number of hydrogen-bond acceptors (Lipinski definition) is 8. The Balaban J connectivity index is 1.78. The van der Waals surface area contributed by atoms with Crippen LogP contribution in [0.1, 0.15) is 22.7 Å². The van der Waals surface area contributed by atoms with Crippen LogP contribution < -0.4 is 9.47 Å². The quantitative estimate of drug-likeness (QED) is 0.352. The number of carbonyl (C=O) groups is 2. The first kappa shape index (κ1) is 24.6. The molecule has 35 heavy (non-hydrogen) atoms. The summed E-state index contributed by atoms with van der Waals surface area (Å²) in [5.41, 5.74) is 1.73. The van der Waals surface area contributed by atoms with Crippen LogP contribution in [0.5, 0.6) is 17.2 Å². The van der Waals surface area contributed by atoms with E-state index in [4.69, 9.17) is 14.2 Å². The summed E-state index contributed by atoms with van der Waals surface area (Å²) in [5, 5.41) is 21.4. The van der Waals surface area contributed by atoms with Gasteiger partial charge in [-0.15, -0.1) is 0 Å². The topological polar surface area (TPSA) is 109 Å². The van der Waals surface area contributed by atoms with Gasteiger partial charge in [-0.2, -0.15) is 0 Å². The van der Waals surface area contributed by atoms with Gasteiger partial charge in [0.1, 0.15) is 11.5 Å². The number of aliphatic hydroxyl groups excluding tert-OH is 1. The third kappa shape index (κ3) is 4.82. The molecule has 2 aromatic carbocycles. The Morgan fingerprint density at radius 3 is 2.40 bits per heavy atom. The fraction of sp³-hybridized carbons (Fsp3) is 0.385. The van der Waals surface area contributed by atoms with Crippen LogP contribution in [-0.2, 0) is 14.3 Å². The third-order valence-corrected chi connectivity index (χ3v) is 6.49. The fourth-order valence-corrected chi connectivity index (χ4v) is 4.58. The number of amides is 1. The Labute approximate surface area is 204 Å². The lowest BCUT2D eigenvalue weighted by molar-refractivity contribution is -0.140. The number of methoxy groups -OCH3 is 2. The molecule has 2 aromatic rings. The van der Waals surface area contributed by atoms with Crippen LogP contribution in [-0.4, -0.2) is 85.3 Å². The molecule has 0 radical (unpaired) electrons. The van der Waals surface area contributed by atoms with Gasteiger partial charge >= 0.3 is 0 Å². The Morgan fingerprint density at radius 1 is 1.03 bits per heavy atom. The van der Waals surface area contributed by atoms with Crippen molar-refractivity contribution < 1.29 is 34.0 Å². The number of ketones is 1. The second kappa shape index (κ2) is 10.4. The van der Waals surface area contributed by atoms with Gasteiger partial charge in [-0.25, -0.2) is 0 Å². The molecule has 0 aromatic heterocycles. The van der Waals surface area contributed by atoms with Gasteiger partial charge in [0.25, 0.3) is 11.7 Å². The molecule has 0 aliphatic carbocycles. The van der Waals surface area contributed by atoms with E-state index >= 15 is 0 Å². The standard InChI is InChI=1S/C26H30N2O7/c1-16-14-18(5-7-20(16)33-2)24(30)22-23(17-4-6-19(29)21(15-17)34-3)28(26(32)25(22)31)9-8-27-10-12-35-13-11-27/h4-7,14-15,23,29-30H,8-13H2,1-3H3/b24-22+/t23-/m0/s1. The molecule has 2 heterocycles. The molecule has 9 nitrogen and oxygen atoms in total. The molecule has 2 saturated heterocycles. The first-order chi connectivity index (χ1) is 16.8. The predicted octanol–water partition coefficient (Wildman–Crippen LogP) is 2.47. The van der Waals surface area contributed by atoms with Gasteiger partial charge in [0.15, 0.2) is 11.5 Å². The molecule has 0 spiro atoms. The lowest BCUT2D eigenvalue weighted by atomic mass is 9.94. The number of phenols is 1. The Hall–Kier alpha value is -3.56. The number of aliphatic hydroxyl groups is 1. The van der Waals surface area contributed by atoms with Crippen LogP contribution in [0.25, 0.3) is 5.76 Å². The molecule has 2 N–H and O–H groups in total. The maximum atomic E-state index is 13.2. The lowest BCUT2D eigenvalue weighted by Crippen LogP contribution is -2.42. The van der Waals surface area contributed by atoms with E-state index < -0.39 is 17.7 Å². The van der Waals surface area contributed by atoms with Crippen LogP contribution in [0.15, 0.2) is 42.0 Å². The highest BCUT2D eigenvalue weighted by Gasteiger charge is 2.46. The number of morpholine rings is 1. The first-order valence-corrected chi connectivity index (χ1v) is 11.5. The maximum Gasteiger partial charge on any atom is 0.295 e. The second-order valence-corrected chi connectivity index (χ2v) is 8.56. The van der Waals surface area contributed by atoms with Crippen molar-refractivity contribution in [3.63, 3.8) is 0 Å². The zero-order valence-electron chi connectivity index (χ0n) is 20.1. The van der Waals surface area contributed by atoms with E-state index in [-0.39, 0.29) is 29.4 Å². The van der Waals surface area contributed by atoms with Crippen LogP contribution in [0.4, 0.5) is 0 Å². The van der Waals surface area contributed by atoms with Crippen molar-refractivity contribution in [2.75, 3.05) is 53.6 Å². The minimum Gasteiger partial charge on any atom is -0.507 e. The summed E-state index contributed by atoms with van der Waals surface area (Å²) in [7, 11) is 2.98. The monoisotopic (exact) mass is 482 g/mol. The summed E-state index contributed by atoms with van der Waals surface area (Å²) >= 11 is 0. The predicted molar refractivity (Wildman–Crippen MR) is 129 cm³/mol. The summed E-state index contributed by atoms with van der Waals surface area (Å²) in [6.45, 7) is 5.40. The highest BCUT2D eigenvalue weighted by atomic mass is 16.5. The van der Waals surface area contributed by atoms with Gasteiger partial charge in [-0.1, -0.05) is 6.07 Å². The Kier molecular flexibility index (Phi) is 7.28. The average Bonchev–Trinajstić information content (AvgIpc) is 3.12. The lowest BCUT2D eigenvalue weighted by Gasteiger charge is -2.31. The molecule has 1 amide bonds. The summed E-state index contributed by atoms with van der Waals surface area (Å²) in [4.78, 5) is 30.1. The van der Waals surface area contributed by atoms with Crippen molar-refractivity contribution >= 4 is 17.4 Å². The van der Waals surface area contributed by atoms with Crippen molar-refractivity contribution in [1.82, 2.24) is 9.80 Å². The number of hydrogen-bond donors (Lipinski definition) is 2. The smallest absolute Gasteiger partial charge is 0.295 e. The molecule has 9 heteroatoms. The highest BCUT2D eigenvalue weighted by Crippen LogP contribution is 2.42. The van der Waals surface area contributed by atoms with Crippen LogP contribution in [0, 0.1) is 6.92 Å². The number of benzene rings is 2. The number of ether oxygens (including phenoxy) is 3. The zero-order valence-corrected chi connectivity index (χ0v) is 20.1. The van der Waals surface area contributed by atoms with E-state index in [1.165, 1.54) is 18.1 Å². The van der Waals surface area contributed by atoms with Gasteiger partial charge in [-0.3, -0.25) is 14.5 Å². The SMILES string of the molecule is COc1ccc(/C(O)=C2\C(=O)C(=O)N(CCN3CCOCC3)[C@H]2c2ccc(O)c(OC)c2)cc1C. The van der Waals surface area contributed by atoms with E-state index in [0.29, 0.717) is 36.6 Å². The van der Waals surface area contributed by atoms with Crippen LogP contribution >= 0.6 is 0 Å². The Morgan fingerprint density at radius 2 is 1.74 bits per heavy atom. The van der Waals surface area contributed by atoms with E-state index in [0.717, 1.165) is 18.7 Å².